The topological polar surface area (TPSA) is 62.6 Å². The highest BCUT2D eigenvalue weighted by molar-refractivity contribution is 6.35. The van der Waals surface area contributed by atoms with E-state index in [0.717, 1.165) is 11.1 Å². The second kappa shape index (κ2) is 9.86. The van der Waals surface area contributed by atoms with Crippen molar-refractivity contribution < 1.29 is 14.3 Å². The second-order valence-corrected chi connectivity index (χ2v) is 6.46. The highest BCUT2D eigenvalue weighted by Crippen LogP contribution is 2.28. The average Bonchev–Trinajstić information content (AvgIpc) is 2.66. The molecule has 0 fully saturated rings. The first-order chi connectivity index (χ1) is 12.9. The lowest BCUT2D eigenvalue weighted by atomic mass is 10.1. The largest absolute Gasteiger partial charge is 0.493 e. The van der Waals surface area contributed by atoms with Gasteiger partial charge in [-0.25, -0.2) is 0 Å². The van der Waals surface area contributed by atoms with Gasteiger partial charge in [-0.15, -0.1) is 0 Å². The standard InChI is InChI=1S/C20H18Cl2N2O3/c1-24(13-15-5-6-16(21)12-17(15)22)20(25)8-4-14-3-7-18(27-10-9-23)19(11-14)26-2/h3-8,11-12H,10,13H2,1-2H3/b8-4+. The molecule has 0 aromatic heterocycles. The molecule has 0 aliphatic carbocycles. The molecule has 0 radical (unpaired) electrons. The molecule has 0 unspecified atom stereocenters. The van der Waals surface area contributed by atoms with Gasteiger partial charge in [0.25, 0.3) is 0 Å². The highest BCUT2D eigenvalue weighted by Gasteiger charge is 2.10. The molecule has 0 heterocycles. The molecule has 1 amide bonds. The Bertz CT molecular complexity index is 891. The Morgan fingerprint density at radius 2 is 2.00 bits per heavy atom. The van der Waals surface area contributed by atoms with E-state index in [1.54, 1.807) is 54.4 Å². The summed E-state index contributed by atoms with van der Waals surface area (Å²) in [6, 6.07) is 12.3. The number of methoxy groups -OCH3 is 1. The summed E-state index contributed by atoms with van der Waals surface area (Å²) in [4.78, 5) is 13.9. The first-order valence-electron chi connectivity index (χ1n) is 7.99. The van der Waals surface area contributed by atoms with Crippen LogP contribution < -0.4 is 9.47 Å². The van der Waals surface area contributed by atoms with E-state index < -0.39 is 0 Å². The molecule has 27 heavy (non-hydrogen) atoms. The van der Waals surface area contributed by atoms with Gasteiger partial charge >= 0.3 is 0 Å². The zero-order chi connectivity index (χ0) is 19.8. The van der Waals surface area contributed by atoms with Crippen LogP contribution in [-0.4, -0.2) is 31.6 Å². The summed E-state index contributed by atoms with van der Waals surface area (Å²) in [7, 11) is 3.20. The third-order valence-electron chi connectivity index (χ3n) is 3.70. The molecule has 0 saturated carbocycles. The monoisotopic (exact) mass is 404 g/mol. The number of benzene rings is 2. The molecule has 0 atom stereocenters. The van der Waals surface area contributed by atoms with Crippen LogP contribution in [0.25, 0.3) is 6.08 Å². The number of rotatable bonds is 7. The minimum Gasteiger partial charge on any atom is -0.493 e. The third kappa shape index (κ3) is 5.92. The zero-order valence-electron chi connectivity index (χ0n) is 14.9. The smallest absolute Gasteiger partial charge is 0.246 e. The van der Waals surface area contributed by atoms with Gasteiger partial charge in [-0.05, 0) is 41.5 Å². The van der Waals surface area contributed by atoms with E-state index in [-0.39, 0.29) is 12.5 Å². The number of halogens is 2. The first-order valence-corrected chi connectivity index (χ1v) is 8.75. The number of nitriles is 1. The van der Waals surface area contributed by atoms with Crippen LogP contribution in [0.4, 0.5) is 0 Å². The van der Waals surface area contributed by atoms with Gasteiger partial charge in [0.05, 0.1) is 7.11 Å². The Hall–Kier alpha value is -2.68. The van der Waals surface area contributed by atoms with Crippen molar-refractivity contribution >= 4 is 35.2 Å². The minimum atomic E-state index is -0.176. The molecule has 2 rings (SSSR count). The number of amides is 1. The second-order valence-electron chi connectivity index (χ2n) is 5.62. The normalized spacial score (nSPS) is 10.5. The maximum Gasteiger partial charge on any atom is 0.246 e. The van der Waals surface area contributed by atoms with E-state index in [1.807, 2.05) is 6.07 Å². The maximum absolute atomic E-state index is 12.3. The van der Waals surface area contributed by atoms with Crippen molar-refractivity contribution in [2.75, 3.05) is 20.8 Å². The molecular formula is C20H18Cl2N2O3. The maximum atomic E-state index is 12.3. The Morgan fingerprint density at radius 3 is 2.67 bits per heavy atom. The van der Waals surface area contributed by atoms with Gasteiger partial charge in [0.2, 0.25) is 5.91 Å². The van der Waals surface area contributed by atoms with Crippen molar-refractivity contribution in [2.24, 2.45) is 0 Å². The van der Waals surface area contributed by atoms with Gasteiger partial charge in [-0.3, -0.25) is 4.79 Å². The SMILES string of the molecule is COc1cc(/C=C/C(=O)N(C)Cc2ccc(Cl)cc2Cl)ccc1OCC#N. The molecule has 0 aliphatic heterocycles. The van der Waals surface area contributed by atoms with Gasteiger partial charge in [-0.2, -0.15) is 5.26 Å². The fraction of sp³-hybridized carbons (Fsp3) is 0.200. The van der Waals surface area contributed by atoms with Crippen molar-refractivity contribution in [3.63, 3.8) is 0 Å². The van der Waals surface area contributed by atoms with Gasteiger partial charge in [0.1, 0.15) is 6.07 Å². The summed E-state index contributed by atoms with van der Waals surface area (Å²) in [5, 5.41) is 9.66. The summed E-state index contributed by atoms with van der Waals surface area (Å²) >= 11 is 12.0. The molecule has 0 N–H and O–H groups in total. The molecule has 0 bridgehead atoms. The van der Waals surface area contributed by atoms with Crippen molar-refractivity contribution in [3.8, 4) is 17.6 Å². The van der Waals surface area contributed by atoms with E-state index in [1.165, 1.54) is 13.2 Å². The Labute approximate surface area is 168 Å². The number of ether oxygens (including phenoxy) is 2. The molecule has 0 saturated heterocycles. The van der Waals surface area contributed by atoms with Crippen LogP contribution in [0, 0.1) is 11.3 Å². The van der Waals surface area contributed by atoms with E-state index >= 15 is 0 Å². The molecule has 2 aromatic carbocycles. The van der Waals surface area contributed by atoms with Crippen LogP contribution in [0.5, 0.6) is 11.5 Å². The van der Waals surface area contributed by atoms with E-state index in [4.69, 9.17) is 37.9 Å². The zero-order valence-corrected chi connectivity index (χ0v) is 16.4. The fourth-order valence-electron chi connectivity index (χ4n) is 2.30. The summed E-state index contributed by atoms with van der Waals surface area (Å²) in [6.45, 7) is 0.297. The molecule has 5 nitrogen and oxygen atoms in total. The summed E-state index contributed by atoms with van der Waals surface area (Å²) in [5.41, 5.74) is 1.58. The van der Waals surface area contributed by atoms with E-state index in [2.05, 4.69) is 0 Å². The number of nitrogens with zero attached hydrogens (tertiary/aromatic N) is 2. The van der Waals surface area contributed by atoms with Crippen LogP contribution in [0.1, 0.15) is 11.1 Å². The van der Waals surface area contributed by atoms with E-state index in [0.29, 0.717) is 28.1 Å². The lowest BCUT2D eigenvalue weighted by Crippen LogP contribution is -2.24. The minimum absolute atomic E-state index is 0.0674. The van der Waals surface area contributed by atoms with Crippen molar-refractivity contribution in [2.45, 2.75) is 6.54 Å². The van der Waals surface area contributed by atoms with Crippen molar-refractivity contribution in [3.05, 3.63) is 63.6 Å². The van der Waals surface area contributed by atoms with Gasteiger partial charge in [0.15, 0.2) is 18.1 Å². The molecule has 2 aromatic rings. The lowest BCUT2D eigenvalue weighted by Gasteiger charge is -2.16. The van der Waals surface area contributed by atoms with Gasteiger partial charge in [-0.1, -0.05) is 35.3 Å². The number of likely N-dealkylation sites (N-methyl/N-ethyl adjacent to an activating group) is 1. The van der Waals surface area contributed by atoms with Crippen molar-refractivity contribution in [1.29, 1.82) is 5.26 Å². The third-order valence-corrected chi connectivity index (χ3v) is 4.28. The van der Waals surface area contributed by atoms with Crippen LogP contribution in [0.3, 0.4) is 0 Å². The van der Waals surface area contributed by atoms with Crippen LogP contribution in [0.2, 0.25) is 10.0 Å². The van der Waals surface area contributed by atoms with Gasteiger partial charge in [0, 0.05) is 29.7 Å². The summed E-state index contributed by atoms with van der Waals surface area (Å²) < 4.78 is 10.5. The quantitative estimate of drug-likeness (QED) is 0.633. The first kappa shape index (κ1) is 20.6. The van der Waals surface area contributed by atoms with Gasteiger partial charge < -0.3 is 14.4 Å². The van der Waals surface area contributed by atoms with Crippen LogP contribution >= 0.6 is 23.2 Å². The predicted molar refractivity (Wildman–Crippen MR) is 106 cm³/mol. The van der Waals surface area contributed by atoms with Crippen molar-refractivity contribution in [1.82, 2.24) is 4.90 Å². The lowest BCUT2D eigenvalue weighted by molar-refractivity contribution is -0.125. The Morgan fingerprint density at radius 1 is 1.22 bits per heavy atom. The molecule has 0 aliphatic rings. The van der Waals surface area contributed by atoms with Crippen LogP contribution in [-0.2, 0) is 11.3 Å². The van der Waals surface area contributed by atoms with Crippen LogP contribution in [0.15, 0.2) is 42.5 Å². The average molecular weight is 405 g/mol. The molecule has 140 valence electrons. The van der Waals surface area contributed by atoms with E-state index in [9.17, 15) is 4.79 Å². The molecular weight excluding hydrogens is 387 g/mol. The molecule has 0 spiro atoms. The Kier molecular flexibility index (Phi) is 7.54. The highest BCUT2D eigenvalue weighted by atomic mass is 35.5. The number of carbonyl (C=O) groups is 1. The summed E-state index contributed by atoms with van der Waals surface area (Å²) in [6.07, 6.45) is 3.15. The fourth-order valence-corrected chi connectivity index (χ4v) is 2.76. The number of hydrogen-bond donors (Lipinski definition) is 0. The molecule has 7 heteroatoms. The number of hydrogen-bond acceptors (Lipinski definition) is 4. The number of carbonyl (C=O) groups excluding carboxylic acids is 1. The Balaban J connectivity index is 2.05. The predicted octanol–water partition coefficient (Wildman–Crippen LogP) is 4.58. The summed E-state index contributed by atoms with van der Waals surface area (Å²) in [5.74, 6) is 0.781.